The van der Waals surface area contributed by atoms with Crippen molar-refractivity contribution in [1.82, 2.24) is 4.90 Å². The van der Waals surface area contributed by atoms with Crippen LogP contribution in [0.5, 0.6) is 0 Å². The first-order chi connectivity index (χ1) is 9.94. The lowest BCUT2D eigenvalue weighted by Gasteiger charge is -2.33. The maximum Gasteiger partial charge on any atom is 0.261 e. The summed E-state index contributed by atoms with van der Waals surface area (Å²) >= 11 is 0. The van der Waals surface area contributed by atoms with E-state index in [4.69, 9.17) is 0 Å². The molecule has 2 aromatic carbocycles. The average molecular weight is 281 g/mol. The lowest BCUT2D eigenvalue weighted by molar-refractivity contribution is 0.0543. The maximum absolute atomic E-state index is 12.7. The Hall–Kier alpha value is -2.16. The molecule has 0 atom stereocenters. The third-order valence-electron chi connectivity index (χ3n) is 4.40. The summed E-state index contributed by atoms with van der Waals surface area (Å²) in [5.41, 5.74) is 1.19. The highest BCUT2D eigenvalue weighted by Crippen LogP contribution is 2.32. The fraction of sp³-hybridized carbons (Fsp3) is 0.333. The number of imide groups is 1. The smallest absolute Gasteiger partial charge is 0.261 e. The van der Waals surface area contributed by atoms with Gasteiger partial charge >= 0.3 is 0 Å². The van der Waals surface area contributed by atoms with Gasteiger partial charge in [0.1, 0.15) is 0 Å². The third-order valence-corrected chi connectivity index (χ3v) is 4.40. The predicted octanol–water partition coefficient (Wildman–Crippen LogP) is 3.87. The van der Waals surface area contributed by atoms with Crippen LogP contribution in [0, 0.1) is 5.41 Å². The van der Waals surface area contributed by atoms with Crippen LogP contribution in [0.25, 0.3) is 10.8 Å². The molecule has 1 heterocycles. The summed E-state index contributed by atoms with van der Waals surface area (Å²) in [7, 11) is 0. The third kappa shape index (κ3) is 2.13. The standard InChI is InChI=1S/C18H19NO2/c1-4-18(2,3)11-19-16(20)13-9-5-7-12-8-6-10-14(15(12)13)17(19)21/h5-10H,4,11H2,1-3H3. The molecule has 0 spiro atoms. The second kappa shape index (κ2) is 4.69. The molecule has 1 aliphatic heterocycles. The van der Waals surface area contributed by atoms with Crippen LogP contribution in [0.3, 0.4) is 0 Å². The van der Waals surface area contributed by atoms with Gasteiger partial charge in [-0.25, -0.2) is 0 Å². The SMILES string of the molecule is CCC(C)(C)CN1C(=O)c2cccc3cccc(c23)C1=O. The monoisotopic (exact) mass is 281 g/mol. The summed E-state index contributed by atoms with van der Waals surface area (Å²) in [6.45, 7) is 6.68. The molecule has 0 bridgehead atoms. The highest BCUT2D eigenvalue weighted by Gasteiger charge is 2.35. The molecule has 2 aromatic rings. The molecule has 1 aliphatic rings. The van der Waals surface area contributed by atoms with Crippen LogP contribution < -0.4 is 0 Å². The van der Waals surface area contributed by atoms with Crippen LogP contribution in [-0.2, 0) is 0 Å². The Morgan fingerprint density at radius 3 is 1.95 bits per heavy atom. The van der Waals surface area contributed by atoms with Crippen LogP contribution in [0.1, 0.15) is 47.9 Å². The zero-order chi connectivity index (χ0) is 15.2. The summed E-state index contributed by atoms with van der Waals surface area (Å²) in [4.78, 5) is 26.8. The van der Waals surface area contributed by atoms with E-state index in [0.29, 0.717) is 17.7 Å². The molecule has 3 nitrogen and oxygen atoms in total. The average Bonchev–Trinajstić information content (AvgIpc) is 2.49. The normalized spacial score (nSPS) is 14.9. The minimum atomic E-state index is -0.175. The Labute approximate surface area is 124 Å². The zero-order valence-corrected chi connectivity index (χ0v) is 12.6. The van der Waals surface area contributed by atoms with E-state index in [9.17, 15) is 9.59 Å². The number of hydrogen-bond donors (Lipinski definition) is 0. The molecule has 0 fully saturated rings. The maximum atomic E-state index is 12.7. The molecule has 21 heavy (non-hydrogen) atoms. The van der Waals surface area contributed by atoms with Crippen molar-refractivity contribution >= 4 is 22.6 Å². The van der Waals surface area contributed by atoms with Crippen molar-refractivity contribution in [2.75, 3.05) is 6.54 Å². The van der Waals surface area contributed by atoms with Crippen LogP contribution in [0.4, 0.5) is 0 Å². The van der Waals surface area contributed by atoms with Crippen LogP contribution in [0.2, 0.25) is 0 Å². The van der Waals surface area contributed by atoms with Crippen LogP contribution >= 0.6 is 0 Å². The van der Waals surface area contributed by atoms with Gasteiger partial charge in [-0.05, 0) is 29.4 Å². The lowest BCUT2D eigenvalue weighted by Crippen LogP contribution is -2.45. The molecule has 0 saturated heterocycles. The predicted molar refractivity (Wildman–Crippen MR) is 83.4 cm³/mol. The first kappa shape index (κ1) is 13.8. The summed E-state index contributed by atoms with van der Waals surface area (Å²) in [5.74, 6) is -0.350. The van der Waals surface area contributed by atoms with Crippen molar-refractivity contribution in [3.8, 4) is 0 Å². The molecule has 3 heteroatoms. The second-order valence-corrected chi connectivity index (χ2v) is 6.42. The van der Waals surface area contributed by atoms with Gasteiger partial charge in [-0.1, -0.05) is 45.0 Å². The molecule has 0 unspecified atom stereocenters. The van der Waals surface area contributed by atoms with Crippen molar-refractivity contribution in [1.29, 1.82) is 0 Å². The van der Waals surface area contributed by atoms with E-state index < -0.39 is 0 Å². The van der Waals surface area contributed by atoms with Crippen molar-refractivity contribution in [2.24, 2.45) is 5.41 Å². The highest BCUT2D eigenvalue weighted by molar-refractivity contribution is 6.25. The van der Waals surface area contributed by atoms with Gasteiger partial charge in [-0.2, -0.15) is 0 Å². The Balaban J connectivity index is 2.15. The fourth-order valence-electron chi connectivity index (χ4n) is 2.76. The van der Waals surface area contributed by atoms with Crippen molar-refractivity contribution < 1.29 is 9.59 Å². The van der Waals surface area contributed by atoms with Gasteiger partial charge in [-0.3, -0.25) is 14.5 Å². The number of rotatable bonds is 3. The molecule has 3 rings (SSSR count). The first-order valence-corrected chi connectivity index (χ1v) is 7.32. The minimum absolute atomic E-state index is 0.0779. The van der Waals surface area contributed by atoms with Gasteiger partial charge in [0.25, 0.3) is 11.8 Å². The van der Waals surface area contributed by atoms with E-state index in [2.05, 4.69) is 20.8 Å². The van der Waals surface area contributed by atoms with E-state index in [1.807, 2.05) is 36.4 Å². The van der Waals surface area contributed by atoms with E-state index in [-0.39, 0.29) is 17.2 Å². The number of hydrogen-bond acceptors (Lipinski definition) is 2. The topological polar surface area (TPSA) is 37.4 Å². The summed E-state index contributed by atoms with van der Waals surface area (Å²) in [6.07, 6.45) is 0.913. The highest BCUT2D eigenvalue weighted by atomic mass is 16.2. The number of amides is 2. The Kier molecular flexibility index (Phi) is 3.08. The number of benzene rings is 2. The number of carbonyl (C=O) groups is 2. The molecular weight excluding hydrogens is 262 g/mol. The fourth-order valence-corrected chi connectivity index (χ4v) is 2.76. The van der Waals surface area contributed by atoms with Gasteiger partial charge in [0, 0.05) is 23.1 Å². The van der Waals surface area contributed by atoms with Gasteiger partial charge in [0.05, 0.1) is 0 Å². The van der Waals surface area contributed by atoms with E-state index in [1.165, 1.54) is 4.90 Å². The Morgan fingerprint density at radius 1 is 0.952 bits per heavy atom. The summed E-state index contributed by atoms with van der Waals surface area (Å²) in [6, 6.07) is 11.2. The molecule has 2 amide bonds. The molecule has 0 aliphatic carbocycles. The van der Waals surface area contributed by atoms with Crippen LogP contribution in [0.15, 0.2) is 36.4 Å². The minimum Gasteiger partial charge on any atom is -0.274 e. The van der Waals surface area contributed by atoms with Crippen molar-refractivity contribution in [2.45, 2.75) is 27.2 Å². The van der Waals surface area contributed by atoms with Gasteiger partial charge in [0.2, 0.25) is 0 Å². The van der Waals surface area contributed by atoms with E-state index in [1.54, 1.807) is 0 Å². The molecule has 0 aromatic heterocycles. The van der Waals surface area contributed by atoms with E-state index >= 15 is 0 Å². The molecule has 0 saturated carbocycles. The van der Waals surface area contributed by atoms with Gasteiger partial charge < -0.3 is 0 Å². The summed E-state index contributed by atoms with van der Waals surface area (Å²) < 4.78 is 0. The zero-order valence-electron chi connectivity index (χ0n) is 12.6. The van der Waals surface area contributed by atoms with Crippen LogP contribution in [-0.4, -0.2) is 23.3 Å². The second-order valence-electron chi connectivity index (χ2n) is 6.42. The van der Waals surface area contributed by atoms with Gasteiger partial charge in [0.15, 0.2) is 0 Å². The van der Waals surface area contributed by atoms with Crippen molar-refractivity contribution in [3.05, 3.63) is 47.5 Å². The Morgan fingerprint density at radius 2 is 1.48 bits per heavy atom. The molecule has 0 radical (unpaired) electrons. The number of nitrogens with zero attached hydrogens (tertiary/aromatic N) is 1. The van der Waals surface area contributed by atoms with Gasteiger partial charge in [-0.15, -0.1) is 0 Å². The van der Waals surface area contributed by atoms with E-state index in [0.717, 1.165) is 17.2 Å². The largest absolute Gasteiger partial charge is 0.274 e. The molecular formula is C18H19NO2. The summed E-state index contributed by atoms with van der Waals surface area (Å²) in [5, 5.41) is 1.74. The molecule has 108 valence electrons. The van der Waals surface area contributed by atoms with Crippen molar-refractivity contribution in [3.63, 3.8) is 0 Å². The Bertz CT molecular complexity index is 695. The molecule has 0 N–H and O–H groups in total. The quantitative estimate of drug-likeness (QED) is 0.801. The lowest BCUT2D eigenvalue weighted by atomic mass is 9.87. The number of carbonyl (C=O) groups excluding carboxylic acids is 2. The first-order valence-electron chi connectivity index (χ1n) is 7.32.